The van der Waals surface area contributed by atoms with Crippen molar-refractivity contribution in [3.63, 3.8) is 0 Å². The summed E-state index contributed by atoms with van der Waals surface area (Å²) in [6.07, 6.45) is 9.02. The molecule has 18 heavy (non-hydrogen) atoms. The van der Waals surface area contributed by atoms with E-state index in [9.17, 15) is 0 Å². The zero-order valence-corrected chi connectivity index (χ0v) is 12.6. The normalized spacial score (nSPS) is 13.2. The van der Waals surface area contributed by atoms with Crippen LogP contribution in [-0.4, -0.2) is 9.78 Å². The fourth-order valence-corrected chi connectivity index (χ4v) is 2.48. The summed E-state index contributed by atoms with van der Waals surface area (Å²) in [6, 6.07) is 0.308. The first-order valence-electron chi connectivity index (χ1n) is 7.06. The van der Waals surface area contributed by atoms with Crippen LogP contribution in [0.2, 0.25) is 5.02 Å². The zero-order valence-electron chi connectivity index (χ0n) is 11.8. The zero-order chi connectivity index (χ0) is 13.5. The first-order valence-corrected chi connectivity index (χ1v) is 7.44. The van der Waals surface area contributed by atoms with Gasteiger partial charge in [-0.05, 0) is 20.3 Å². The second kappa shape index (κ2) is 7.80. The summed E-state index contributed by atoms with van der Waals surface area (Å²) in [5.74, 6) is 0. The van der Waals surface area contributed by atoms with Gasteiger partial charge in [0, 0.05) is 12.1 Å². The molecule has 0 saturated carbocycles. The molecule has 1 heterocycles. The molecule has 1 rings (SSSR count). The van der Waals surface area contributed by atoms with Gasteiger partial charge >= 0.3 is 0 Å². The second-order valence-electron chi connectivity index (χ2n) is 5.23. The van der Waals surface area contributed by atoms with E-state index < -0.39 is 0 Å². The molecule has 3 nitrogen and oxygen atoms in total. The third-order valence-electron chi connectivity index (χ3n) is 3.25. The minimum Gasteiger partial charge on any atom is -0.323 e. The predicted octanol–water partition coefficient (Wildman–Crippen LogP) is 4.48. The molecule has 0 fully saturated rings. The first-order chi connectivity index (χ1) is 8.57. The molecule has 0 amide bonds. The number of aromatic nitrogens is 2. The van der Waals surface area contributed by atoms with E-state index in [0.29, 0.717) is 11.1 Å². The summed E-state index contributed by atoms with van der Waals surface area (Å²) in [5.41, 5.74) is 7.24. The van der Waals surface area contributed by atoms with Crippen LogP contribution < -0.4 is 5.73 Å². The lowest BCUT2D eigenvalue weighted by molar-refractivity contribution is 0.465. The van der Waals surface area contributed by atoms with Gasteiger partial charge in [0.2, 0.25) is 0 Å². The van der Waals surface area contributed by atoms with E-state index in [1.165, 1.54) is 32.1 Å². The molecule has 1 atom stereocenters. The van der Waals surface area contributed by atoms with Crippen molar-refractivity contribution in [2.75, 3.05) is 0 Å². The highest BCUT2D eigenvalue weighted by atomic mass is 35.5. The standard InChI is InChI=1S/C14H26ClN3/c1-4-5-6-7-8-9-13(16)14-12(15)10-17-18(14)11(2)3/h10-11,13H,4-9,16H2,1-3H3. The van der Waals surface area contributed by atoms with Crippen LogP contribution >= 0.6 is 11.6 Å². The molecule has 1 aromatic rings. The number of nitrogens with zero attached hydrogens (tertiary/aromatic N) is 2. The van der Waals surface area contributed by atoms with E-state index in [0.717, 1.165) is 12.1 Å². The van der Waals surface area contributed by atoms with Gasteiger partial charge in [-0.3, -0.25) is 4.68 Å². The van der Waals surface area contributed by atoms with Crippen LogP contribution in [-0.2, 0) is 0 Å². The lowest BCUT2D eigenvalue weighted by Gasteiger charge is -2.17. The molecule has 0 bridgehead atoms. The highest BCUT2D eigenvalue weighted by Gasteiger charge is 2.17. The van der Waals surface area contributed by atoms with Crippen molar-refractivity contribution in [1.29, 1.82) is 0 Å². The van der Waals surface area contributed by atoms with E-state index >= 15 is 0 Å². The molecule has 1 aromatic heterocycles. The summed E-state index contributed by atoms with van der Waals surface area (Å²) in [4.78, 5) is 0. The van der Waals surface area contributed by atoms with Crippen LogP contribution in [0.4, 0.5) is 0 Å². The Labute approximate surface area is 116 Å². The van der Waals surface area contributed by atoms with Crippen molar-refractivity contribution in [3.05, 3.63) is 16.9 Å². The Kier molecular flexibility index (Phi) is 6.72. The van der Waals surface area contributed by atoms with Gasteiger partial charge < -0.3 is 5.73 Å². The second-order valence-corrected chi connectivity index (χ2v) is 5.63. The maximum absolute atomic E-state index is 6.25. The van der Waals surface area contributed by atoms with E-state index in [2.05, 4.69) is 25.9 Å². The van der Waals surface area contributed by atoms with Crippen LogP contribution in [0.25, 0.3) is 0 Å². The molecule has 0 radical (unpaired) electrons. The van der Waals surface area contributed by atoms with Crippen molar-refractivity contribution in [2.45, 2.75) is 71.4 Å². The maximum Gasteiger partial charge on any atom is 0.0834 e. The highest BCUT2D eigenvalue weighted by molar-refractivity contribution is 6.31. The number of nitrogens with two attached hydrogens (primary N) is 1. The molecule has 0 aliphatic heterocycles. The monoisotopic (exact) mass is 271 g/mol. The number of halogens is 1. The Morgan fingerprint density at radius 3 is 2.56 bits per heavy atom. The van der Waals surface area contributed by atoms with E-state index in [1.807, 2.05) is 4.68 Å². The topological polar surface area (TPSA) is 43.8 Å². The molecule has 2 N–H and O–H groups in total. The molecule has 0 spiro atoms. The fourth-order valence-electron chi connectivity index (χ4n) is 2.21. The molecular formula is C14H26ClN3. The Bertz CT molecular complexity index is 347. The number of hydrogen-bond acceptors (Lipinski definition) is 2. The highest BCUT2D eigenvalue weighted by Crippen LogP contribution is 2.27. The van der Waals surface area contributed by atoms with Crippen LogP contribution in [0.15, 0.2) is 6.20 Å². The lowest BCUT2D eigenvalue weighted by Crippen LogP contribution is -2.18. The van der Waals surface area contributed by atoms with Crippen LogP contribution in [0, 0.1) is 0 Å². The molecule has 1 unspecified atom stereocenters. The van der Waals surface area contributed by atoms with Crippen molar-refractivity contribution in [1.82, 2.24) is 9.78 Å². The minimum absolute atomic E-state index is 0.00373. The fraction of sp³-hybridized carbons (Fsp3) is 0.786. The molecule has 4 heteroatoms. The third kappa shape index (κ3) is 4.29. The molecule has 0 aliphatic carbocycles. The molecule has 0 aromatic carbocycles. The van der Waals surface area contributed by atoms with Gasteiger partial charge in [0.05, 0.1) is 16.9 Å². The summed E-state index contributed by atoms with van der Waals surface area (Å²) >= 11 is 6.18. The summed E-state index contributed by atoms with van der Waals surface area (Å²) in [7, 11) is 0. The largest absolute Gasteiger partial charge is 0.323 e. The maximum atomic E-state index is 6.25. The van der Waals surface area contributed by atoms with E-state index in [4.69, 9.17) is 17.3 Å². The Hall–Kier alpha value is -0.540. The van der Waals surface area contributed by atoms with Crippen molar-refractivity contribution >= 4 is 11.6 Å². The van der Waals surface area contributed by atoms with Gasteiger partial charge in [-0.1, -0.05) is 50.6 Å². The number of unbranched alkanes of at least 4 members (excludes halogenated alkanes) is 4. The van der Waals surface area contributed by atoms with Crippen molar-refractivity contribution < 1.29 is 0 Å². The molecule has 0 saturated heterocycles. The first kappa shape index (κ1) is 15.5. The van der Waals surface area contributed by atoms with Gasteiger partial charge in [0.15, 0.2) is 0 Å². The number of hydrogen-bond donors (Lipinski definition) is 1. The lowest BCUT2D eigenvalue weighted by atomic mass is 10.0. The molecular weight excluding hydrogens is 246 g/mol. The Morgan fingerprint density at radius 2 is 1.94 bits per heavy atom. The number of rotatable bonds is 8. The minimum atomic E-state index is 0.00373. The van der Waals surface area contributed by atoms with Gasteiger partial charge in [-0.15, -0.1) is 0 Å². The average Bonchev–Trinajstić information content (AvgIpc) is 2.71. The average molecular weight is 272 g/mol. The smallest absolute Gasteiger partial charge is 0.0834 e. The van der Waals surface area contributed by atoms with Crippen LogP contribution in [0.5, 0.6) is 0 Å². The van der Waals surface area contributed by atoms with Crippen molar-refractivity contribution in [3.8, 4) is 0 Å². The van der Waals surface area contributed by atoms with Gasteiger partial charge in [-0.2, -0.15) is 5.10 Å². The van der Waals surface area contributed by atoms with Crippen LogP contribution in [0.3, 0.4) is 0 Å². The van der Waals surface area contributed by atoms with E-state index in [-0.39, 0.29) is 6.04 Å². The summed E-state index contributed by atoms with van der Waals surface area (Å²) < 4.78 is 1.94. The predicted molar refractivity (Wildman–Crippen MR) is 77.9 cm³/mol. The van der Waals surface area contributed by atoms with E-state index in [1.54, 1.807) is 6.20 Å². The quantitative estimate of drug-likeness (QED) is 0.709. The van der Waals surface area contributed by atoms with Gasteiger partial charge in [-0.25, -0.2) is 0 Å². The van der Waals surface area contributed by atoms with Crippen molar-refractivity contribution in [2.24, 2.45) is 5.73 Å². The summed E-state index contributed by atoms with van der Waals surface area (Å²) in [5, 5.41) is 5.00. The SMILES string of the molecule is CCCCCCCC(N)c1c(Cl)cnn1C(C)C. The molecule has 0 aliphatic rings. The Morgan fingerprint density at radius 1 is 1.28 bits per heavy atom. The Balaban J connectivity index is 2.50. The van der Waals surface area contributed by atoms with Crippen LogP contribution in [0.1, 0.15) is 77.1 Å². The van der Waals surface area contributed by atoms with Gasteiger partial charge in [0.1, 0.15) is 0 Å². The molecule has 104 valence electrons. The third-order valence-corrected chi connectivity index (χ3v) is 3.54. The van der Waals surface area contributed by atoms with Gasteiger partial charge in [0.25, 0.3) is 0 Å². The summed E-state index contributed by atoms with van der Waals surface area (Å²) in [6.45, 7) is 6.42.